The van der Waals surface area contributed by atoms with Gasteiger partial charge >= 0.3 is 5.97 Å². The fraction of sp³-hybridized carbons (Fsp3) is 0.300. The lowest BCUT2D eigenvalue weighted by Crippen LogP contribution is -2.30. The Labute approximate surface area is 169 Å². The normalized spacial score (nSPS) is 12.4. The van der Waals surface area contributed by atoms with Gasteiger partial charge in [-0.2, -0.15) is 0 Å². The molecule has 0 aliphatic rings. The van der Waals surface area contributed by atoms with E-state index < -0.39 is 28.0 Å². The first-order valence-electron chi connectivity index (χ1n) is 8.94. The van der Waals surface area contributed by atoms with Crippen molar-refractivity contribution < 1.29 is 27.9 Å². The summed E-state index contributed by atoms with van der Waals surface area (Å²) in [6, 6.07) is 10.00. The Kier molecular flexibility index (Phi) is 6.99. The van der Waals surface area contributed by atoms with Crippen LogP contribution >= 0.6 is 0 Å². The maximum atomic E-state index is 12.3. The minimum Gasteiger partial charge on any atom is -0.507 e. The number of phenolic OH excluding ortho intramolecular Hbond substituents is 1. The molecule has 1 amide bonds. The van der Waals surface area contributed by atoms with Gasteiger partial charge in [0.2, 0.25) is 10.0 Å². The third kappa shape index (κ3) is 5.78. The Bertz CT molecular complexity index is 1000. The Hall–Kier alpha value is -2.91. The SMILES string of the molecule is Cc1cccc(C(=O)O[C@H](C)C(=O)Nc2ccc(S(=O)(=O)NC(C)C)cc2)c1O. The van der Waals surface area contributed by atoms with Crippen LogP contribution < -0.4 is 10.0 Å². The largest absolute Gasteiger partial charge is 0.507 e. The van der Waals surface area contributed by atoms with E-state index in [4.69, 9.17) is 4.74 Å². The van der Waals surface area contributed by atoms with E-state index >= 15 is 0 Å². The van der Waals surface area contributed by atoms with Crippen LogP contribution in [0.4, 0.5) is 5.69 Å². The molecule has 0 radical (unpaired) electrons. The predicted molar refractivity (Wildman–Crippen MR) is 108 cm³/mol. The minimum absolute atomic E-state index is 0.0307. The van der Waals surface area contributed by atoms with Crippen LogP contribution in [0.1, 0.15) is 36.7 Å². The molecule has 0 bridgehead atoms. The standard InChI is InChI=1S/C20H24N2O6S/c1-12(2)22-29(26,27)16-10-8-15(9-11-16)21-19(24)14(4)28-20(25)17-7-5-6-13(3)18(17)23/h5-12,14,22-23H,1-4H3,(H,21,24)/t14-/m1/s1. The number of sulfonamides is 1. The number of benzene rings is 2. The van der Waals surface area contributed by atoms with E-state index in [1.165, 1.54) is 37.3 Å². The monoisotopic (exact) mass is 420 g/mol. The van der Waals surface area contributed by atoms with Gasteiger partial charge in [0.1, 0.15) is 11.3 Å². The van der Waals surface area contributed by atoms with Crippen molar-refractivity contribution in [2.75, 3.05) is 5.32 Å². The van der Waals surface area contributed by atoms with Crippen molar-refractivity contribution in [1.29, 1.82) is 0 Å². The summed E-state index contributed by atoms with van der Waals surface area (Å²) in [6.45, 7) is 6.46. The number of carbonyl (C=O) groups excluding carboxylic acids is 2. The number of esters is 1. The van der Waals surface area contributed by atoms with Gasteiger partial charge in [-0.25, -0.2) is 17.9 Å². The highest BCUT2D eigenvalue weighted by atomic mass is 32.2. The van der Waals surface area contributed by atoms with Crippen molar-refractivity contribution in [2.24, 2.45) is 0 Å². The molecule has 2 rings (SSSR count). The zero-order valence-corrected chi connectivity index (χ0v) is 17.4. The van der Waals surface area contributed by atoms with E-state index in [1.54, 1.807) is 32.9 Å². The summed E-state index contributed by atoms with van der Waals surface area (Å²) in [5.74, 6) is -1.62. The summed E-state index contributed by atoms with van der Waals surface area (Å²) in [6.07, 6.45) is -1.13. The number of rotatable bonds is 7. The van der Waals surface area contributed by atoms with E-state index in [-0.39, 0.29) is 22.3 Å². The fourth-order valence-corrected chi connectivity index (χ4v) is 3.69. The molecule has 0 spiro atoms. The molecular formula is C20H24N2O6S. The average molecular weight is 420 g/mol. The molecule has 0 unspecified atom stereocenters. The molecule has 0 aliphatic carbocycles. The highest BCUT2D eigenvalue weighted by molar-refractivity contribution is 7.89. The van der Waals surface area contributed by atoms with Crippen molar-refractivity contribution in [3.8, 4) is 5.75 Å². The number of aryl methyl sites for hydroxylation is 1. The number of aromatic hydroxyl groups is 1. The van der Waals surface area contributed by atoms with Gasteiger partial charge < -0.3 is 15.2 Å². The highest BCUT2D eigenvalue weighted by Gasteiger charge is 2.22. The van der Waals surface area contributed by atoms with Crippen molar-refractivity contribution in [2.45, 2.75) is 44.7 Å². The summed E-state index contributed by atoms with van der Waals surface area (Å²) in [5.41, 5.74) is 0.829. The van der Waals surface area contributed by atoms with E-state index in [2.05, 4.69) is 10.0 Å². The van der Waals surface area contributed by atoms with Crippen LogP contribution in [0.3, 0.4) is 0 Å². The molecule has 0 fully saturated rings. The van der Waals surface area contributed by atoms with Gasteiger partial charge in [-0.15, -0.1) is 0 Å². The first kappa shape index (κ1) is 22.4. The first-order chi connectivity index (χ1) is 13.5. The van der Waals surface area contributed by atoms with Crippen molar-refractivity contribution in [1.82, 2.24) is 4.72 Å². The molecule has 0 heterocycles. The minimum atomic E-state index is -3.63. The summed E-state index contributed by atoms with van der Waals surface area (Å²) >= 11 is 0. The van der Waals surface area contributed by atoms with E-state index in [9.17, 15) is 23.1 Å². The van der Waals surface area contributed by atoms with Gasteiger partial charge in [0.25, 0.3) is 5.91 Å². The topological polar surface area (TPSA) is 122 Å². The molecule has 1 atom stereocenters. The maximum Gasteiger partial charge on any atom is 0.342 e. The van der Waals surface area contributed by atoms with Crippen LogP contribution in [0.2, 0.25) is 0 Å². The molecule has 8 nitrogen and oxygen atoms in total. The number of hydrogen-bond donors (Lipinski definition) is 3. The van der Waals surface area contributed by atoms with Crippen molar-refractivity contribution in [3.63, 3.8) is 0 Å². The number of phenols is 1. The Balaban J connectivity index is 2.02. The van der Waals surface area contributed by atoms with Crippen molar-refractivity contribution >= 4 is 27.6 Å². The van der Waals surface area contributed by atoms with Crippen LogP contribution in [-0.2, 0) is 19.6 Å². The number of para-hydroxylation sites is 1. The van der Waals surface area contributed by atoms with Gasteiger partial charge in [0, 0.05) is 11.7 Å². The second-order valence-corrected chi connectivity index (χ2v) is 8.52. The van der Waals surface area contributed by atoms with E-state index in [0.717, 1.165) is 0 Å². The van der Waals surface area contributed by atoms with E-state index in [1.807, 2.05) is 0 Å². The van der Waals surface area contributed by atoms with Crippen LogP contribution in [-0.4, -0.2) is 37.5 Å². The summed E-state index contributed by atoms with van der Waals surface area (Å²) in [4.78, 5) is 24.5. The van der Waals surface area contributed by atoms with Crippen LogP contribution in [0.15, 0.2) is 47.4 Å². The lowest BCUT2D eigenvalue weighted by molar-refractivity contribution is -0.123. The first-order valence-corrected chi connectivity index (χ1v) is 10.4. The molecule has 29 heavy (non-hydrogen) atoms. The molecule has 0 saturated carbocycles. The predicted octanol–water partition coefficient (Wildman–Crippen LogP) is 2.57. The average Bonchev–Trinajstić information content (AvgIpc) is 2.63. The number of amides is 1. The lowest BCUT2D eigenvalue weighted by atomic mass is 10.1. The Morgan fingerprint density at radius 3 is 2.24 bits per heavy atom. The molecule has 0 aliphatic heterocycles. The maximum absolute atomic E-state index is 12.3. The zero-order chi connectivity index (χ0) is 21.8. The third-order valence-corrected chi connectivity index (χ3v) is 5.61. The Morgan fingerprint density at radius 2 is 1.66 bits per heavy atom. The van der Waals surface area contributed by atoms with Gasteiger partial charge in [-0.05, 0) is 63.6 Å². The molecule has 0 saturated heterocycles. The summed E-state index contributed by atoms with van der Waals surface area (Å²) < 4.78 is 31.8. The summed E-state index contributed by atoms with van der Waals surface area (Å²) in [5, 5.41) is 12.5. The molecule has 156 valence electrons. The highest BCUT2D eigenvalue weighted by Crippen LogP contribution is 2.22. The molecule has 9 heteroatoms. The number of hydrogen-bond acceptors (Lipinski definition) is 6. The smallest absolute Gasteiger partial charge is 0.342 e. The number of nitrogens with one attached hydrogen (secondary N) is 2. The number of anilines is 1. The lowest BCUT2D eigenvalue weighted by Gasteiger charge is -2.15. The second kappa shape index (κ2) is 9.06. The molecule has 3 N–H and O–H groups in total. The van der Waals surface area contributed by atoms with Crippen LogP contribution in [0, 0.1) is 6.92 Å². The fourth-order valence-electron chi connectivity index (χ4n) is 2.44. The van der Waals surface area contributed by atoms with E-state index in [0.29, 0.717) is 11.3 Å². The second-order valence-electron chi connectivity index (χ2n) is 6.81. The van der Waals surface area contributed by atoms with Gasteiger partial charge in [-0.1, -0.05) is 12.1 Å². The van der Waals surface area contributed by atoms with Gasteiger partial charge in [0.05, 0.1) is 4.90 Å². The number of ether oxygens (including phenoxy) is 1. The van der Waals surface area contributed by atoms with Crippen molar-refractivity contribution in [3.05, 3.63) is 53.6 Å². The molecule has 0 aromatic heterocycles. The molecule has 2 aromatic rings. The van der Waals surface area contributed by atoms with Crippen LogP contribution in [0.25, 0.3) is 0 Å². The quantitative estimate of drug-likeness (QED) is 0.592. The Morgan fingerprint density at radius 1 is 1.03 bits per heavy atom. The molecule has 2 aromatic carbocycles. The summed E-state index contributed by atoms with van der Waals surface area (Å²) in [7, 11) is -3.63. The van der Waals surface area contributed by atoms with Gasteiger partial charge in [-0.3, -0.25) is 4.79 Å². The molecular weight excluding hydrogens is 396 g/mol. The zero-order valence-electron chi connectivity index (χ0n) is 16.6. The van der Waals surface area contributed by atoms with Gasteiger partial charge in [0.15, 0.2) is 6.10 Å². The third-order valence-electron chi connectivity index (χ3n) is 3.93. The number of carbonyl (C=O) groups is 2. The van der Waals surface area contributed by atoms with Crippen LogP contribution in [0.5, 0.6) is 5.75 Å².